The van der Waals surface area contributed by atoms with Gasteiger partial charge in [-0.05, 0) is 64.8 Å². The third-order valence-electron chi connectivity index (χ3n) is 8.24. The van der Waals surface area contributed by atoms with Crippen LogP contribution in [0.1, 0.15) is 62.2 Å². The first kappa shape index (κ1) is 30.3. The second-order valence-electron chi connectivity index (χ2n) is 10.8. The van der Waals surface area contributed by atoms with Crippen LogP contribution in [0, 0.1) is 45.3 Å². The fraction of sp³-hybridized carbons (Fsp3) is 0.128. The SMILES string of the molecule is N#CC(C#N)=C1c2ccccc2-c2c(C(=O)OCCCCCOC(=O)c3cccc4c3-c3ccccc3C4=C(C#N)C#N)cccc21. The van der Waals surface area contributed by atoms with E-state index >= 15 is 0 Å². The first-order valence-electron chi connectivity index (χ1n) is 14.9. The molecule has 2 aliphatic carbocycles. The number of esters is 2. The van der Waals surface area contributed by atoms with E-state index in [1.54, 1.807) is 36.4 Å². The number of hydrogen-bond acceptors (Lipinski definition) is 8. The van der Waals surface area contributed by atoms with Crippen molar-refractivity contribution in [2.45, 2.75) is 19.3 Å². The number of rotatable bonds is 8. The number of allylic oxidation sites excluding steroid dienone is 2. The summed E-state index contributed by atoms with van der Waals surface area (Å²) in [5.74, 6) is -0.996. The summed E-state index contributed by atoms with van der Waals surface area (Å²) in [7, 11) is 0. The van der Waals surface area contributed by atoms with Crippen LogP contribution in [0.4, 0.5) is 0 Å². The van der Waals surface area contributed by atoms with Crippen molar-refractivity contribution in [3.05, 3.63) is 129 Å². The van der Waals surface area contributed by atoms with Crippen LogP contribution in [-0.4, -0.2) is 25.2 Å². The van der Waals surface area contributed by atoms with Crippen molar-refractivity contribution in [2.24, 2.45) is 0 Å². The minimum Gasteiger partial charge on any atom is -0.462 e. The Labute approximate surface area is 271 Å². The number of carbonyl (C=O) groups is 2. The highest BCUT2D eigenvalue weighted by atomic mass is 16.5. The Balaban J connectivity index is 1.07. The first-order chi connectivity index (χ1) is 23.0. The van der Waals surface area contributed by atoms with Crippen molar-refractivity contribution in [2.75, 3.05) is 13.2 Å². The normalized spacial score (nSPS) is 11.4. The summed E-state index contributed by atoms with van der Waals surface area (Å²) in [6, 6.07) is 33.0. The maximum Gasteiger partial charge on any atom is 0.338 e. The number of unbranched alkanes of at least 4 members (excludes halogenated alkanes) is 2. The molecule has 8 heteroatoms. The first-order valence-corrected chi connectivity index (χ1v) is 14.9. The average Bonchev–Trinajstić information content (AvgIpc) is 3.62. The van der Waals surface area contributed by atoms with Crippen molar-refractivity contribution in [3.8, 4) is 46.5 Å². The second kappa shape index (κ2) is 13.1. The smallest absolute Gasteiger partial charge is 0.338 e. The van der Waals surface area contributed by atoms with Gasteiger partial charge in [0.05, 0.1) is 24.3 Å². The van der Waals surface area contributed by atoms with Gasteiger partial charge in [0.15, 0.2) is 0 Å². The molecule has 0 bridgehead atoms. The third-order valence-corrected chi connectivity index (χ3v) is 8.24. The molecule has 47 heavy (non-hydrogen) atoms. The van der Waals surface area contributed by atoms with Crippen LogP contribution in [0.15, 0.2) is 96.1 Å². The lowest BCUT2D eigenvalue weighted by atomic mass is 9.97. The largest absolute Gasteiger partial charge is 0.462 e. The highest BCUT2D eigenvalue weighted by molar-refractivity contribution is 6.11. The van der Waals surface area contributed by atoms with Crippen molar-refractivity contribution in [3.63, 3.8) is 0 Å². The highest BCUT2D eigenvalue weighted by Gasteiger charge is 2.32. The van der Waals surface area contributed by atoms with E-state index in [0.717, 1.165) is 22.3 Å². The van der Waals surface area contributed by atoms with Gasteiger partial charge in [-0.2, -0.15) is 21.0 Å². The monoisotopic (exact) mass is 612 g/mol. The Kier molecular flexibility index (Phi) is 8.44. The van der Waals surface area contributed by atoms with E-state index < -0.39 is 11.9 Å². The Morgan fingerprint density at radius 3 is 1.21 bits per heavy atom. The van der Waals surface area contributed by atoms with Crippen LogP contribution in [0.2, 0.25) is 0 Å². The summed E-state index contributed by atoms with van der Waals surface area (Å²) >= 11 is 0. The zero-order valence-electron chi connectivity index (χ0n) is 25.0. The molecule has 4 aromatic carbocycles. The van der Waals surface area contributed by atoms with Crippen LogP contribution in [-0.2, 0) is 9.47 Å². The van der Waals surface area contributed by atoms with Crippen molar-refractivity contribution >= 4 is 23.1 Å². The molecular weight excluding hydrogens is 588 g/mol. The molecule has 0 heterocycles. The average molecular weight is 613 g/mol. The minimum absolute atomic E-state index is 0.0161. The van der Waals surface area contributed by atoms with Gasteiger partial charge in [0.2, 0.25) is 0 Å². The maximum atomic E-state index is 13.2. The van der Waals surface area contributed by atoms with Gasteiger partial charge in [0, 0.05) is 22.3 Å². The van der Waals surface area contributed by atoms with Crippen LogP contribution < -0.4 is 0 Å². The number of hydrogen-bond donors (Lipinski definition) is 0. The van der Waals surface area contributed by atoms with Gasteiger partial charge in [-0.1, -0.05) is 72.8 Å². The molecule has 0 N–H and O–H groups in total. The molecular formula is C39H24N4O4. The van der Waals surface area contributed by atoms with E-state index in [0.29, 0.717) is 63.8 Å². The molecule has 2 aliphatic rings. The number of benzene rings is 4. The lowest BCUT2D eigenvalue weighted by Gasteiger charge is -2.11. The summed E-state index contributed by atoms with van der Waals surface area (Å²) < 4.78 is 11.2. The third kappa shape index (κ3) is 5.32. The molecule has 4 aromatic rings. The molecule has 0 unspecified atom stereocenters. The Morgan fingerprint density at radius 1 is 0.468 bits per heavy atom. The Morgan fingerprint density at radius 2 is 0.830 bits per heavy atom. The maximum absolute atomic E-state index is 13.2. The van der Waals surface area contributed by atoms with Crippen molar-refractivity contribution in [1.82, 2.24) is 0 Å². The summed E-state index contributed by atoms with van der Waals surface area (Å²) in [6.45, 7) is 0.335. The van der Waals surface area contributed by atoms with Crippen molar-refractivity contribution < 1.29 is 19.1 Å². The summed E-state index contributed by atoms with van der Waals surface area (Å²) in [5, 5.41) is 38.2. The molecule has 0 aromatic heterocycles. The fourth-order valence-corrected chi connectivity index (χ4v) is 6.25. The molecule has 0 radical (unpaired) electrons. The van der Waals surface area contributed by atoms with E-state index in [4.69, 9.17) is 9.47 Å². The van der Waals surface area contributed by atoms with Crippen LogP contribution in [0.3, 0.4) is 0 Å². The lowest BCUT2D eigenvalue weighted by molar-refractivity contribution is 0.0479. The summed E-state index contributed by atoms with van der Waals surface area (Å²) in [5.41, 5.74) is 7.30. The number of nitrogens with zero attached hydrogens (tertiary/aromatic N) is 4. The van der Waals surface area contributed by atoms with E-state index in [2.05, 4.69) is 0 Å². The number of fused-ring (bicyclic) bond motifs is 6. The molecule has 0 fully saturated rings. The van der Waals surface area contributed by atoms with E-state index in [1.165, 1.54) is 0 Å². The van der Waals surface area contributed by atoms with Crippen LogP contribution >= 0.6 is 0 Å². The van der Waals surface area contributed by atoms with Gasteiger partial charge >= 0.3 is 11.9 Å². The summed E-state index contributed by atoms with van der Waals surface area (Å²) in [4.78, 5) is 26.3. The molecule has 8 nitrogen and oxygen atoms in total. The molecule has 224 valence electrons. The molecule has 0 atom stereocenters. The zero-order valence-corrected chi connectivity index (χ0v) is 25.0. The topological polar surface area (TPSA) is 148 Å². The molecule has 0 spiro atoms. The van der Waals surface area contributed by atoms with E-state index in [9.17, 15) is 30.6 Å². The lowest BCUT2D eigenvalue weighted by Crippen LogP contribution is -2.10. The van der Waals surface area contributed by atoms with E-state index in [1.807, 2.05) is 72.8 Å². The van der Waals surface area contributed by atoms with Crippen molar-refractivity contribution in [1.29, 1.82) is 21.0 Å². The minimum atomic E-state index is -0.498. The Bertz CT molecular complexity index is 2030. The quantitative estimate of drug-likeness (QED) is 0.0973. The molecule has 0 amide bonds. The Hall–Kier alpha value is -6.74. The molecule has 6 rings (SSSR count). The predicted octanol–water partition coefficient (Wildman–Crippen LogP) is 7.53. The van der Waals surface area contributed by atoms with Gasteiger partial charge < -0.3 is 9.47 Å². The second-order valence-corrected chi connectivity index (χ2v) is 10.8. The standard InChI is InChI=1S/C39H24N4O4/c40-20-24(21-41)34-26-10-2-4-12-28(26)36-30(34)14-8-16-32(36)38(44)46-18-6-1-7-19-47-39(45)33-17-9-15-31-35(25(22-42)23-43)27-11-3-5-13-29(27)37(31)33/h2-5,8-17H,1,6-7,18-19H2. The van der Waals surface area contributed by atoms with E-state index in [-0.39, 0.29) is 24.4 Å². The van der Waals surface area contributed by atoms with Gasteiger partial charge in [-0.25, -0.2) is 9.59 Å². The molecule has 0 saturated carbocycles. The molecule has 0 aliphatic heterocycles. The summed E-state index contributed by atoms with van der Waals surface area (Å²) in [6.07, 6.45) is 1.76. The van der Waals surface area contributed by atoms with Crippen LogP contribution in [0.5, 0.6) is 0 Å². The van der Waals surface area contributed by atoms with Crippen LogP contribution in [0.25, 0.3) is 33.4 Å². The predicted molar refractivity (Wildman–Crippen MR) is 173 cm³/mol. The van der Waals surface area contributed by atoms with Gasteiger partial charge in [-0.3, -0.25) is 0 Å². The number of ether oxygens (including phenoxy) is 2. The number of nitriles is 4. The number of carbonyl (C=O) groups excluding carboxylic acids is 2. The van der Waals surface area contributed by atoms with Gasteiger partial charge in [-0.15, -0.1) is 0 Å². The highest BCUT2D eigenvalue weighted by Crippen LogP contribution is 2.48. The van der Waals surface area contributed by atoms with Gasteiger partial charge in [0.25, 0.3) is 0 Å². The zero-order chi connectivity index (χ0) is 32.9. The molecule has 0 saturated heterocycles. The fourth-order valence-electron chi connectivity index (χ4n) is 6.25. The van der Waals surface area contributed by atoms with Gasteiger partial charge in [0.1, 0.15) is 35.4 Å².